The number of carboxylic acids is 1. The van der Waals surface area contributed by atoms with Gasteiger partial charge in [-0.05, 0) is 60.5 Å². The standard InChI is InChI=1S/C32H27N3O5/c1-21-7-6-8-23(19-21)25-9-2-3-10-26(25)31(39)33-24-15-13-22(14-16-24)32(40)34-18-17-29(36)35(20-30(37)38)28-12-5-4-11-27(28)34/h2-16,19H,17-18,20H2,1H3,(H,33,39)(H,37,38). The van der Waals surface area contributed by atoms with Gasteiger partial charge in [0.1, 0.15) is 6.54 Å². The topological polar surface area (TPSA) is 107 Å². The third-order valence-electron chi connectivity index (χ3n) is 6.74. The van der Waals surface area contributed by atoms with E-state index < -0.39 is 12.5 Å². The van der Waals surface area contributed by atoms with Crippen LogP contribution in [0.5, 0.6) is 0 Å². The molecule has 1 aliphatic heterocycles. The van der Waals surface area contributed by atoms with Crippen LogP contribution in [0.1, 0.15) is 32.7 Å². The van der Waals surface area contributed by atoms with Crippen molar-refractivity contribution in [2.45, 2.75) is 13.3 Å². The first kappa shape index (κ1) is 26.4. The third-order valence-corrected chi connectivity index (χ3v) is 6.74. The highest BCUT2D eigenvalue weighted by Gasteiger charge is 2.30. The van der Waals surface area contributed by atoms with E-state index in [1.165, 1.54) is 9.80 Å². The Hall–Kier alpha value is -5.24. The molecule has 5 rings (SSSR count). The zero-order valence-electron chi connectivity index (χ0n) is 21.8. The maximum Gasteiger partial charge on any atom is 0.323 e. The zero-order chi connectivity index (χ0) is 28.2. The molecule has 0 saturated heterocycles. The van der Waals surface area contributed by atoms with Gasteiger partial charge in [-0.3, -0.25) is 24.1 Å². The van der Waals surface area contributed by atoms with Crippen molar-refractivity contribution >= 4 is 40.8 Å². The summed E-state index contributed by atoms with van der Waals surface area (Å²) in [6, 6.07) is 28.7. The molecular formula is C32H27N3O5. The fourth-order valence-corrected chi connectivity index (χ4v) is 4.83. The molecule has 0 spiro atoms. The van der Waals surface area contributed by atoms with Crippen LogP contribution in [0.15, 0.2) is 97.1 Å². The van der Waals surface area contributed by atoms with Crippen LogP contribution in [0.2, 0.25) is 0 Å². The largest absolute Gasteiger partial charge is 0.480 e. The minimum absolute atomic E-state index is 0.0117. The third kappa shape index (κ3) is 5.47. The molecule has 8 heteroatoms. The second-order valence-electron chi connectivity index (χ2n) is 9.52. The molecule has 3 amide bonds. The number of anilines is 3. The van der Waals surface area contributed by atoms with Crippen LogP contribution >= 0.6 is 0 Å². The van der Waals surface area contributed by atoms with Crippen LogP contribution in [0.25, 0.3) is 11.1 Å². The van der Waals surface area contributed by atoms with Crippen molar-refractivity contribution in [2.24, 2.45) is 0 Å². The second kappa shape index (κ2) is 11.2. The minimum Gasteiger partial charge on any atom is -0.480 e. The molecule has 0 atom stereocenters. The predicted molar refractivity (Wildman–Crippen MR) is 154 cm³/mol. The molecule has 2 N–H and O–H groups in total. The van der Waals surface area contributed by atoms with Crippen LogP contribution in [0.3, 0.4) is 0 Å². The van der Waals surface area contributed by atoms with Gasteiger partial charge in [0.25, 0.3) is 11.8 Å². The van der Waals surface area contributed by atoms with Gasteiger partial charge in [-0.1, -0.05) is 60.2 Å². The summed E-state index contributed by atoms with van der Waals surface area (Å²) in [5.41, 5.74) is 5.13. The number of carboxylic acid groups (broad SMARTS) is 1. The number of carbonyl (C=O) groups is 4. The van der Waals surface area contributed by atoms with Gasteiger partial charge < -0.3 is 15.3 Å². The molecule has 0 saturated carbocycles. The molecule has 1 aliphatic rings. The Labute approximate surface area is 231 Å². The number of rotatable bonds is 6. The van der Waals surface area contributed by atoms with E-state index in [1.54, 1.807) is 54.6 Å². The van der Waals surface area contributed by atoms with Crippen molar-refractivity contribution in [2.75, 3.05) is 28.2 Å². The van der Waals surface area contributed by atoms with Gasteiger partial charge in [0.05, 0.1) is 11.4 Å². The summed E-state index contributed by atoms with van der Waals surface area (Å²) in [6.07, 6.45) is -0.0117. The summed E-state index contributed by atoms with van der Waals surface area (Å²) < 4.78 is 0. The average molecular weight is 534 g/mol. The van der Waals surface area contributed by atoms with Crippen molar-refractivity contribution in [3.63, 3.8) is 0 Å². The molecule has 200 valence electrons. The number of carbonyl (C=O) groups excluding carboxylic acids is 3. The molecule has 0 fully saturated rings. The number of hydrogen-bond acceptors (Lipinski definition) is 4. The van der Waals surface area contributed by atoms with E-state index in [4.69, 9.17) is 0 Å². The quantitative estimate of drug-likeness (QED) is 0.346. The molecule has 8 nitrogen and oxygen atoms in total. The normalized spacial score (nSPS) is 12.9. The van der Waals surface area contributed by atoms with Crippen molar-refractivity contribution in [1.82, 2.24) is 0 Å². The number of fused-ring (bicyclic) bond motifs is 1. The summed E-state index contributed by atoms with van der Waals surface area (Å²) in [6.45, 7) is 1.63. The molecule has 0 unspecified atom stereocenters. The van der Waals surface area contributed by atoms with Crippen LogP contribution in [0, 0.1) is 6.92 Å². The van der Waals surface area contributed by atoms with Gasteiger partial charge in [0, 0.05) is 29.8 Å². The van der Waals surface area contributed by atoms with E-state index in [1.807, 2.05) is 49.4 Å². The lowest BCUT2D eigenvalue weighted by Gasteiger charge is -2.24. The first-order valence-electron chi connectivity index (χ1n) is 12.8. The number of amides is 3. The number of hydrogen-bond donors (Lipinski definition) is 2. The highest BCUT2D eigenvalue weighted by atomic mass is 16.4. The monoisotopic (exact) mass is 533 g/mol. The number of benzene rings is 4. The number of nitrogens with one attached hydrogen (secondary N) is 1. The summed E-state index contributed by atoms with van der Waals surface area (Å²) in [4.78, 5) is 53.5. The molecule has 1 heterocycles. The maximum atomic E-state index is 13.5. The first-order chi connectivity index (χ1) is 19.3. The SMILES string of the molecule is Cc1cccc(-c2ccccc2C(=O)Nc2ccc(C(=O)N3CCC(=O)N(CC(=O)O)c4ccccc43)cc2)c1. The molecule has 0 bridgehead atoms. The smallest absolute Gasteiger partial charge is 0.323 e. The van der Waals surface area contributed by atoms with Gasteiger partial charge in [0.15, 0.2) is 0 Å². The lowest BCUT2D eigenvalue weighted by molar-refractivity contribution is -0.136. The molecular weight excluding hydrogens is 506 g/mol. The fraction of sp³-hybridized carbons (Fsp3) is 0.125. The molecule has 0 aliphatic carbocycles. The van der Waals surface area contributed by atoms with Crippen molar-refractivity contribution in [3.05, 3.63) is 114 Å². The van der Waals surface area contributed by atoms with Crippen molar-refractivity contribution in [1.29, 1.82) is 0 Å². The Morgan fingerprint density at radius 1 is 0.850 bits per heavy atom. The van der Waals surface area contributed by atoms with Crippen molar-refractivity contribution < 1.29 is 24.3 Å². The molecule has 4 aromatic carbocycles. The minimum atomic E-state index is -1.14. The molecule has 4 aromatic rings. The van der Waals surface area contributed by atoms with Gasteiger partial charge in [-0.25, -0.2) is 0 Å². The summed E-state index contributed by atoms with van der Waals surface area (Å²) in [5.74, 6) is -2.11. The van der Waals surface area contributed by atoms with Crippen LogP contribution in [-0.2, 0) is 9.59 Å². The molecule has 40 heavy (non-hydrogen) atoms. The number of nitrogens with zero attached hydrogens (tertiary/aromatic N) is 2. The van der Waals surface area contributed by atoms with E-state index in [0.717, 1.165) is 16.7 Å². The fourth-order valence-electron chi connectivity index (χ4n) is 4.83. The van der Waals surface area contributed by atoms with Gasteiger partial charge >= 0.3 is 5.97 Å². The second-order valence-corrected chi connectivity index (χ2v) is 9.52. The first-order valence-corrected chi connectivity index (χ1v) is 12.8. The van der Waals surface area contributed by atoms with E-state index in [0.29, 0.717) is 28.2 Å². The van der Waals surface area contributed by atoms with Crippen molar-refractivity contribution in [3.8, 4) is 11.1 Å². The van der Waals surface area contributed by atoms with E-state index >= 15 is 0 Å². The van der Waals surface area contributed by atoms with Gasteiger partial charge in [-0.15, -0.1) is 0 Å². The number of para-hydroxylation sites is 2. The number of aryl methyl sites for hydroxylation is 1. The summed E-state index contributed by atoms with van der Waals surface area (Å²) >= 11 is 0. The Morgan fingerprint density at radius 3 is 2.27 bits per heavy atom. The highest BCUT2D eigenvalue weighted by molar-refractivity contribution is 6.12. The Kier molecular flexibility index (Phi) is 7.41. The lowest BCUT2D eigenvalue weighted by atomic mass is 9.98. The van der Waals surface area contributed by atoms with E-state index in [2.05, 4.69) is 5.32 Å². The lowest BCUT2D eigenvalue weighted by Crippen LogP contribution is -2.35. The summed E-state index contributed by atoms with van der Waals surface area (Å²) in [5, 5.41) is 12.2. The predicted octanol–water partition coefficient (Wildman–Crippen LogP) is 5.38. The average Bonchev–Trinajstić information content (AvgIpc) is 3.09. The zero-order valence-corrected chi connectivity index (χ0v) is 21.8. The van der Waals surface area contributed by atoms with Crippen LogP contribution in [-0.4, -0.2) is 41.9 Å². The Balaban J connectivity index is 1.36. The van der Waals surface area contributed by atoms with Gasteiger partial charge in [0.2, 0.25) is 5.91 Å². The van der Waals surface area contributed by atoms with Gasteiger partial charge in [-0.2, -0.15) is 0 Å². The van der Waals surface area contributed by atoms with E-state index in [-0.39, 0.29) is 30.7 Å². The highest BCUT2D eigenvalue weighted by Crippen LogP contribution is 2.34. The Bertz CT molecular complexity index is 1610. The van der Waals surface area contributed by atoms with Crippen LogP contribution < -0.4 is 15.1 Å². The number of aliphatic carboxylic acids is 1. The van der Waals surface area contributed by atoms with Crippen LogP contribution in [0.4, 0.5) is 17.1 Å². The summed E-state index contributed by atoms with van der Waals surface area (Å²) in [7, 11) is 0. The Morgan fingerprint density at radius 2 is 1.55 bits per heavy atom. The molecule has 0 aromatic heterocycles. The van der Waals surface area contributed by atoms with E-state index in [9.17, 15) is 24.3 Å². The molecule has 0 radical (unpaired) electrons. The maximum absolute atomic E-state index is 13.5.